The van der Waals surface area contributed by atoms with Crippen LogP contribution < -0.4 is 5.32 Å². The van der Waals surface area contributed by atoms with E-state index >= 15 is 0 Å². The zero-order chi connectivity index (χ0) is 14.7. The molecule has 1 aliphatic rings. The predicted octanol–water partition coefficient (Wildman–Crippen LogP) is 2.41. The Morgan fingerprint density at radius 2 is 2.20 bits per heavy atom. The molecule has 0 saturated carbocycles. The van der Waals surface area contributed by atoms with Gasteiger partial charge in [0.05, 0.1) is 16.7 Å². The Kier molecular flexibility index (Phi) is 4.65. The number of phenolic OH excluding ortho intramolecular Hbond substituents is 1. The number of nitrogens with one attached hydrogen (secondary N) is 1. The number of carbonyl (C=O) groups is 2. The van der Waals surface area contributed by atoms with E-state index in [0.29, 0.717) is 23.1 Å². The van der Waals surface area contributed by atoms with E-state index in [1.807, 2.05) is 6.92 Å². The Hall–Kier alpha value is -1.56. The van der Waals surface area contributed by atoms with Crippen LogP contribution in [-0.4, -0.2) is 34.9 Å². The van der Waals surface area contributed by atoms with Crippen molar-refractivity contribution < 1.29 is 14.7 Å². The van der Waals surface area contributed by atoms with Crippen LogP contribution in [0.25, 0.3) is 0 Å². The first-order chi connectivity index (χ1) is 9.47. The molecule has 1 aliphatic heterocycles. The van der Waals surface area contributed by atoms with Crippen LogP contribution in [0.3, 0.4) is 0 Å². The zero-order valence-corrected chi connectivity index (χ0v) is 12.9. The largest absolute Gasteiger partial charge is 0.505 e. The Labute approximate surface area is 126 Å². The van der Waals surface area contributed by atoms with Gasteiger partial charge in [-0.25, -0.2) is 0 Å². The van der Waals surface area contributed by atoms with Gasteiger partial charge in [0, 0.05) is 13.0 Å². The lowest BCUT2D eigenvalue weighted by Crippen LogP contribution is -2.40. The third-order valence-corrected chi connectivity index (χ3v) is 3.84. The summed E-state index contributed by atoms with van der Waals surface area (Å²) in [6, 6.07) is 3.45. The Balaban J connectivity index is 2.03. The zero-order valence-electron chi connectivity index (χ0n) is 11.3. The van der Waals surface area contributed by atoms with Gasteiger partial charge in [-0.1, -0.05) is 0 Å². The maximum Gasteiger partial charge on any atom is 0.244 e. The third-order valence-electron chi connectivity index (χ3n) is 3.24. The highest BCUT2D eigenvalue weighted by atomic mass is 79.9. The lowest BCUT2D eigenvalue weighted by Gasteiger charge is -2.26. The fourth-order valence-corrected chi connectivity index (χ4v) is 2.80. The smallest absolute Gasteiger partial charge is 0.244 e. The van der Waals surface area contributed by atoms with Crippen LogP contribution in [0, 0.1) is 6.92 Å². The summed E-state index contributed by atoms with van der Waals surface area (Å²) in [5.74, 6) is -0.289. The van der Waals surface area contributed by atoms with Gasteiger partial charge in [0.1, 0.15) is 0 Å². The number of likely N-dealkylation sites (tertiary alicyclic amines) is 1. The number of amides is 2. The van der Waals surface area contributed by atoms with Crippen molar-refractivity contribution in [3.05, 3.63) is 22.2 Å². The lowest BCUT2D eigenvalue weighted by molar-refractivity contribution is -0.136. The summed E-state index contributed by atoms with van der Waals surface area (Å²) in [6.07, 6.45) is 2.33. The van der Waals surface area contributed by atoms with E-state index < -0.39 is 0 Å². The van der Waals surface area contributed by atoms with E-state index in [0.717, 1.165) is 18.4 Å². The van der Waals surface area contributed by atoms with E-state index in [4.69, 9.17) is 0 Å². The molecule has 6 heteroatoms. The topological polar surface area (TPSA) is 69.6 Å². The lowest BCUT2D eigenvalue weighted by atomic mass is 10.1. The quantitative estimate of drug-likeness (QED) is 0.830. The van der Waals surface area contributed by atoms with E-state index in [-0.39, 0.29) is 24.1 Å². The second-order valence-corrected chi connectivity index (χ2v) is 5.82. The molecular weight excluding hydrogens is 324 g/mol. The number of anilines is 1. The molecule has 0 radical (unpaired) electrons. The Bertz CT molecular complexity index is 545. The molecule has 1 saturated heterocycles. The van der Waals surface area contributed by atoms with Crippen LogP contribution in [0.15, 0.2) is 16.6 Å². The van der Waals surface area contributed by atoms with Crippen LogP contribution in [-0.2, 0) is 9.59 Å². The average molecular weight is 341 g/mol. The number of halogens is 1. The third kappa shape index (κ3) is 3.50. The van der Waals surface area contributed by atoms with Crippen molar-refractivity contribution in [1.82, 2.24) is 4.90 Å². The Morgan fingerprint density at radius 3 is 2.90 bits per heavy atom. The van der Waals surface area contributed by atoms with Gasteiger partial charge in [0.15, 0.2) is 5.75 Å². The molecule has 108 valence electrons. The SMILES string of the molecule is Cc1cc(Br)c(O)c(NC(=O)CN2CCCCC2=O)c1. The second kappa shape index (κ2) is 6.26. The number of carbonyl (C=O) groups excluding carboxylic acids is 2. The van der Waals surface area contributed by atoms with Crippen molar-refractivity contribution >= 4 is 33.4 Å². The number of phenols is 1. The van der Waals surface area contributed by atoms with Gasteiger partial charge in [-0.15, -0.1) is 0 Å². The summed E-state index contributed by atoms with van der Waals surface area (Å²) in [5, 5.41) is 12.5. The number of aryl methyl sites for hydroxylation is 1. The highest BCUT2D eigenvalue weighted by Crippen LogP contribution is 2.33. The molecule has 1 heterocycles. The van der Waals surface area contributed by atoms with Gasteiger partial charge < -0.3 is 15.3 Å². The number of benzene rings is 1. The van der Waals surface area contributed by atoms with Gasteiger partial charge in [0.2, 0.25) is 11.8 Å². The highest BCUT2D eigenvalue weighted by Gasteiger charge is 2.21. The molecule has 5 nitrogen and oxygen atoms in total. The van der Waals surface area contributed by atoms with Crippen molar-refractivity contribution in [2.24, 2.45) is 0 Å². The number of rotatable bonds is 3. The fourth-order valence-electron chi connectivity index (χ4n) is 2.22. The minimum Gasteiger partial charge on any atom is -0.505 e. The van der Waals surface area contributed by atoms with Crippen molar-refractivity contribution in [3.63, 3.8) is 0 Å². The number of piperidine rings is 1. The molecular formula is C14H17BrN2O3. The molecule has 1 fully saturated rings. The molecule has 0 spiro atoms. The number of hydrogen-bond donors (Lipinski definition) is 2. The molecule has 0 aliphatic carbocycles. The van der Waals surface area contributed by atoms with Gasteiger partial charge >= 0.3 is 0 Å². The summed E-state index contributed by atoms with van der Waals surface area (Å²) >= 11 is 3.23. The molecule has 2 amide bonds. The summed E-state index contributed by atoms with van der Waals surface area (Å²) in [7, 11) is 0. The summed E-state index contributed by atoms with van der Waals surface area (Å²) in [5.41, 5.74) is 1.27. The normalized spacial score (nSPS) is 15.3. The molecule has 20 heavy (non-hydrogen) atoms. The molecule has 0 aromatic heterocycles. The van der Waals surface area contributed by atoms with Crippen LogP contribution in [0.4, 0.5) is 5.69 Å². The summed E-state index contributed by atoms with van der Waals surface area (Å²) in [4.78, 5) is 25.2. The molecule has 1 aromatic carbocycles. The van der Waals surface area contributed by atoms with E-state index in [9.17, 15) is 14.7 Å². The van der Waals surface area contributed by atoms with Crippen LogP contribution in [0.2, 0.25) is 0 Å². The van der Waals surface area contributed by atoms with Crippen molar-refractivity contribution in [2.75, 3.05) is 18.4 Å². The van der Waals surface area contributed by atoms with E-state index in [1.165, 1.54) is 0 Å². The van der Waals surface area contributed by atoms with Crippen molar-refractivity contribution in [2.45, 2.75) is 26.2 Å². The average Bonchev–Trinajstić information content (AvgIpc) is 2.38. The van der Waals surface area contributed by atoms with Gasteiger partial charge in [-0.2, -0.15) is 0 Å². The maximum atomic E-state index is 12.0. The number of nitrogens with zero attached hydrogens (tertiary/aromatic N) is 1. The minimum atomic E-state index is -0.298. The molecule has 2 N–H and O–H groups in total. The highest BCUT2D eigenvalue weighted by molar-refractivity contribution is 9.10. The number of hydrogen-bond acceptors (Lipinski definition) is 3. The summed E-state index contributed by atoms with van der Waals surface area (Å²) in [6.45, 7) is 2.52. The van der Waals surface area contributed by atoms with Crippen molar-refractivity contribution in [1.29, 1.82) is 0 Å². The van der Waals surface area contributed by atoms with Gasteiger partial charge in [-0.3, -0.25) is 9.59 Å². The first-order valence-corrected chi connectivity index (χ1v) is 7.33. The molecule has 0 bridgehead atoms. The van der Waals surface area contributed by atoms with Crippen molar-refractivity contribution in [3.8, 4) is 5.75 Å². The molecule has 0 unspecified atom stereocenters. The molecule has 2 rings (SSSR count). The number of aromatic hydroxyl groups is 1. The fraction of sp³-hybridized carbons (Fsp3) is 0.429. The maximum absolute atomic E-state index is 12.0. The van der Waals surface area contributed by atoms with Crippen LogP contribution in [0.1, 0.15) is 24.8 Å². The molecule has 1 aromatic rings. The first kappa shape index (κ1) is 14.8. The first-order valence-electron chi connectivity index (χ1n) is 6.54. The van der Waals surface area contributed by atoms with Gasteiger partial charge in [0.25, 0.3) is 0 Å². The van der Waals surface area contributed by atoms with Crippen LogP contribution in [0.5, 0.6) is 5.75 Å². The van der Waals surface area contributed by atoms with E-state index in [2.05, 4.69) is 21.2 Å². The molecule has 0 atom stereocenters. The predicted molar refractivity (Wildman–Crippen MR) is 79.6 cm³/mol. The monoisotopic (exact) mass is 340 g/mol. The summed E-state index contributed by atoms with van der Waals surface area (Å²) < 4.78 is 0.529. The Morgan fingerprint density at radius 1 is 1.45 bits per heavy atom. The standard InChI is InChI=1S/C14H17BrN2O3/c1-9-6-10(15)14(20)11(7-9)16-12(18)8-17-5-3-2-4-13(17)19/h6-7,20H,2-5,8H2,1H3,(H,16,18). The minimum absolute atomic E-state index is 0.00563. The second-order valence-electron chi connectivity index (χ2n) is 4.96. The van der Waals surface area contributed by atoms with Gasteiger partial charge in [-0.05, 0) is 53.4 Å². The van der Waals surface area contributed by atoms with Crippen LogP contribution >= 0.6 is 15.9 Å². The van der Waals surface area contributed by atoms with E-state index in [1.54, 1.807) is 17.0 Å².